The first-order chi connectivity index (χ1) is 12.1. The molecule has 1 saturated heterocycles. The van der Waals surface area contributed by atoms with Crippen LogP contribution in [0.2, 0.25) is 0 Å². The van der Waals surface area contributed by atoms with Gasteiger partial charge in [-0.3, -0.25) is 9.79 Å². The van der Waals surface area contributed by atoms with Gasteiger partial charge in [0.15, 0.2) is 5.17 Å². The Hall–Kier alpha value is -2.04. The van der Waals surface area contributed by atoms with Gasteiger partial charge in [0.25, 0.3) is 5.91 Å². The summed E-state index contributed by atoms with van der Waals surface area (Å²) in [5.74, 6) is 0.464. The summed E-state index contributed by atoms with van der Waals surface area (Å²) < 4.78 is 7.92. The molecule has 6 nitrogen and oxygen atoms in total. The number of aromatic nitrogens is 1. The Morgan fingerprint density at radius 3 is 3.08 bits per heavy atom. The Balaban J connectivity index is 1.78. The largest absolute Gasteiger partial charge is 0.376 e. The zero-order chi connectivity index (χ0) is 17.8. The summed E-state index contributed by atoms with van der Waals surface area (Å²) in [7, 11) is 0. The number of thioether (sulfide) groups is 1. The molecule has 3 heterocycles. The van der Waals surface area contributed by atoms with Crippen LogP contribution in [0.1, 0.15) is 29.8 Å². The molecule has 0 aromatic carbocycles. The van der Waals surface area contributed by atoms with Gasteiger partial charge in [0.2, 0.25) is 0 Å². The van der Waals surface area contributed by atoms with Gasteiger partial charge in [-0.1, -0.05) is 11.8 Å². The van der Waals surface area contributed by atoms with Gasteiger partial charge in [0, 0.05) is 30.3 Å². The molecule has 1 N–H and O–H groups in total. The smallest absolute Gasteiger partial charge is 0.267 e. The van der Waals surface area contributed by atoms with Crippen molar-refractivity contribution < 1.29 is 9.53 Å². The average molecular weight is 358 g/mol. The number of aryl methyl sites for hydroxylation is 1. The predicted octanol–water partition coefficient (Wildman–Crippen LogP) is 2.41. The molecule has 1 aromatic rings. The number of carbonyl (C=O) groups excluding carboxylic acids is 1. The number of nitriles is 1. The van der Waals surface area contributed by atoms with Crippen LogP contribution in [-0.2, 0) is 16.1 Å². The van der Waals surface area contributed by atoms with Crippen molar-refractivity contribution in [3.8, 4) is 6.07 Å². The van der Waals surface area contributed by atoms with Crippen LogP contribution in [0.15, 0.2) is 16.6 Å². The normalized spacial score (nSPS) is 20.4. The van der Waals surface area contributed by atoms with E-state index in [1.807, 2.05) is 26.0 Å². The summed E-state index contributed by atoms with van der Waals surface area (Å²) in [6, 6.07) is 4.01. The quantitative estimate of drug-likeness (QED) is 0.662. The zero-order valence-electron chi connectivity index (χ0n) is 14.5. The second-order valence-corrected chi connectivity index (χ2v) is 7.32. The molecule has 1 fully saturated rings. The van der Waals surface area contributed by atoms with Gasteiger partial charge in [0.05, 0.1) is 12.6 Å². The molecular weight excluding hydrogens is 336 g/mol. The third kappa shape index (κ3) is 4.14. The van der Waals surface area contributed by atoms with Crippen molar-refractivity contribution in [3.63, 3.8) is 0 Å². The van der Waals surface area contributed by atoms with Crippen molar-refractivity contribution in [2.24, 2.45) is 4.99 Å². The first-order valence-corrected chi connectivity index (χ1v) is 9.45. The second-order valence-electron chi connectivity index (χ2n) is 6.23. The van der Waals surface area contributed by atoms with E-state index < -0.39 is 5.91 Å². The van der Waals surface area contributed by atoms with E-state index in [1.165, 1.54) is 11.8 Å². The molecule has 2 aliphatic heterocycles. The van der Waals surface area contributed by atoms with Crippen LogP contribution in [0.25, 0.3) is 6.08 Å². The number of hydrogen-bond donors (Lipinski definition) is 1. The molecule has 0 spiro atoms. The molecule has 0 saturated carbocycles. The minimum Gasteiger partial charge on any atom is -0.376 e. The minimum absolute atomic E-state index is 0.0903. The summed E-state index contributed by atoms with van der Waals surface area (Å²) in [6.45, 7) is 6.40. The van der Waals surface area contributed by atoms with Crippen LogP contribution < -0.4 is 5.32 Å². The fraction of sp³-hybridized carbons (Fsp3) is 0.500. The van der Waals surface area contributed by atoms with Crippen molar-refractivity contribution >= 4 is 28.9 Å². The summed E-state index contributed by atoms with van der Waals surface area (Å²) in [5.41, 5.74) is 3.13. The van der Waals surface area contributed by atoms with Crippen molar-refractivity contribution in [3.05, 3.63) is 28.6 Å². The maximum atomic E-state index is 12.3. The Labute approximate surface area is 151 Å². The number of nitrogens with zero attached hydrogens (tertiary/aromatic N) is 3. The van der Waals surface area contributed by atoms with Gasteiger partial charge in [-0.25, -0.2) is 0 Å². The lowest BCUT2D eigenvalue weighted by Gasteiger charge is -2.14. The fourth-order valence-electron chi connectivity index (χ4n) is 3.13. The molecule has 3 rings (SSSR count). The van der Waals surface area contributed by atoms with E-state index in [9.17, 15) is 10.1 Å². The molecule has 0 aliphatic carbocycles. The molecule has 132 valence electrons. The van der Waals surface area contributed by atoms with Crippen LogP contribution in [0.4, 0.5) is 0 Å². The zero-order valence-corrected chi connectivity index (χ0v) is 15.4. The van der Waals surface area contributed by atoms with E-state index in [4.69, 9.17) is 4.74 Å². The lowest BCUT2D eigenvalue weighted by atomic mass is 10.1. The lowest BCUT2D eigenvalue weighted by molar-refractivity contribution is -0.115. The Bertz CT molecular complexity index is 767. The van der Waals surface area contributed by atoms with E-state index >= 15 is 0 Å². The molecule has 1 amide bonds. The summed E-state index contributed by atoms with van der Waals surface area (Å²) in [5, 5.41) is 12.7. The lowest BCUT2D eigenvalue weighted by Crippen LogP contribution is -2.28. The van der Waals surface area contributed by atoms with Crippen LogP contribution in [0, 0.1) is 25.2 Å². The topological polar surface area (TPSA) is 79.4 Å². The number of amidine groups is 1. The van der Waals surface area contributed by atoms with E-state index in [2.05, 4.69) is 14.9 Å². The maximum absolute atomic E-state index is 12.3. The predicted molar refractivity (Wildman–Crippen MR) is 99.4 cm³/mol. The number of rotatable bonds is 4. The van der Waals surface area contributed by atoms with Crippen molar-refractivity contribution in [2.45, 2.75) is 39.3 Å². The molecule has 2 aliphatic rings. The highest BCUT2D eigenvalue weighted by Crippen LogP contribution is 2.22. The Kier molecular flexibility index (Phi) is 5.61. The van der Waals surface area contributed by atoms with Crippen molar-refractivity contribution in [2.75, 3.05) is 18.9 Å². The number of nitrogens with one attached hydrogen (secondary N) is 1. The van der Waals surface area contributed by atoms with E-state index in [-0.39, 0.29) is 11.7 Å². The summed E-state index contributed by atoms with van der Waals surface area (Å²) >= 11 is 1.50. The highest BCUT2D eigenvalue weighted by Gasteiger charge is 2.20. The van der Waals surface area contributed by atoms with Crippen LogP contribution >= 0.6 is 11.8 Å². The molecule has 25 heavy (non-hydrogen) atoms. The summed E-state index contributed by atoms with van der Waals surface area (Å²) in [6.07, 6.45) is 4.09. The molecule has 1 aromatic heterocycles. The number of hydrogen-bond acceptors (Lipinski definition) is 5. The Morgan fingerprint density at radius 2 is 2.44 bits per heavy atom. The number of amides is 1. The van der Waals surface area contributed by atoms with E-state index in [1.54, 1.807) is 6.08 Å². The van der Waals surface area contributed by atoms with E-state index in [0.717, 1.165) is 48.7 Å². The first kappa shape index (κ1) is 17.8. The third-order valence-electron chi connectivity index (χ3n) is 4.49. The highest BCUT2D eigenvalue weighted by molar-refractivity contribution is 8.14. The van der Waals surface area contributed by atoms with Crippen LogP contribution in [-0.4, -0.2) is 40.7 Å². The van der Waals surface area contributed by atoms with Gasteiger partial charge in [-0.2, -0.15) is 5.26 Å². The standard InChI is InChI=1S/C18H22N4O2S/c1-12-8-14(13(2)22(12)11-16-4-3-6-24-16)9-15(10-19)17(23)21-18-20-5-7-25-18/h8-9,16H,3-7,11H2,1-2H3,(H,20,21,23)/b15-9+/t16-/m0/s1. The maximum Gasteiger partial charge on any atom is 0.267 e. The molecular formula is C18H22N4O2S. The molecule has 1 atom stereocenters. The molecule has 0 unspecified atom stereocenters. The highest BCUT2D eigenvalue weighted by atomic mass is 32.2. The monoisotopic (exact) mass is 358 g/mol. The van der Waals surface area contributed by atoms with Crippen LogP contribution in [0.5, 0.6) is 0 Å². The molecule has 0 radical (unpaired) electrons. The second kappa shape index (κ2) is 7.89. The van der Waals surface area contributed by atoms with Gasteiger partial charge in [-0.05, 0) is 44.4 Å². The average Bonchev–Trinajstić information content (AvgIpc) is 3.32. The van der Waals surface area contributed by atoms with E-state index in [0.29, 0.717) is 11.7 Å². The van der Waals surface area contributed by atoms with Gasteiger partial charge >= 0.3 is 0 Å². The van der Waals surface area contributed by atoms with Crippen LogP contribution in [0.3, 0.4) is 0 Å². The number of carbonyl (C=O) groups is 1. The molecule has 0 bridgehead atoms. The number of aliphatic imine (C=N–C) groups is 1. The Morgan fingerprint density at radius 1 is 1.60 bits per heavy atom. The third-order valence-corrected chi connectivity index (χ3v) is 5.39. The summed E-state index contributed by atoms with van der Waals surface area (Å²) in [4.78, 5) is 16.5. The van der Waals surface area contributed by atoms with Crippen molar-refractivity contribution in [1.82, 2.24) is 9.88 Å². The minimum atomic E-state index is -0.403. The number of ether oxygens (including phenoxy) is 1. The van der Waals surface area contributed by atoms with Crippen molar-refractivity contribution in [1.29, 1.82) is 5.26 Å². The van der Waals surface area contributed by atoms with Gasteiger partial charge in [-0.15, -0.1) is 0 Å². The fourth-order valence-corrected chi connectivity index (χ4v) is 3.85. The van der Waals surface area contributed by atoms with Gasteiger partial charge in [0.1, 0.15) is 11.6 Å². The first-order valence-electron chi connectivity index (χ1n) is 8.47. The van der Waals surface area contributed by atoms with Gasteiger partial charge < -0.3 is 14.6 Å². The SMILES string of the molecule is Cc1cc(/C=C(\C#N)C(=O)NC2=NCCS2)c(C)n1C[C@@H]1CCCO1. The molecule has 7 heteroatoms.